The molecule has 0 radical (unpaired) electrons. The molecule has 2 amide bonds. The lowest BCUT2D eigenvalue weighted by Crippen LogP contribution is -2.62. The molecule has 0 aromatic heterocycles. The van der Waals surface area contributed by atoms with Crippen LogP contribution in [0.3, 0.4) is 0 Å². The molecular formula is C20H35N3O3. The first-order valence-corrected chi connectivity index (χ1v) is 10.1. The highest BCUT2D eigenvalue weighted by Gasteiger charge is 2.51. The highest BCUT2D eigenvalue weighted by atomic mass is 16.3. The summed E-state index contributed by atoms with van der Waals surface area (Å²) < 4.78 is 0. The van der Waals surface area contributed by atoms with Gasteiger partial charge in [-0.1, -0.05) is 0 Å². The van der Waals surface area contributed by atoms with Crippen LogP contribution in [0.2, 0.25) is 0 Å². The van der Waals surface area contributed by atoms with E-state index in [9.17, 15) is 14.7 Å². The summed E-state index contributed by atoms with van der Waals surface area (Å²) >= 11 is 0. The molecule has 3 aliphatic rings. The van der Waals surface area contributed by atoms with E-state index in [1.165, 1.54) is 0 Å². The normalized spacial score (nSPS) is 34.6. The summed E-state index contributed by atoms with van der Waals surface area (Å²) in [5, 5.41) is 17.1. The minimum absolute atomic E-state index is 0.0231. The number of nitrogens with zero attached hydrogens (tertiary/aromatic N) is 1. The summed E-state index contributed by atoms with van der Waals surface area (Å²) in [7, 11) is 0. The molecule has 0 aromatic carbocycles. The molecule has 1 spiro atoms. The standard InChI is InChI=1S/C20H35N3O3/c1-18(2)11-14(12-19(3,4)22-18)10-16(25)23-9-6-15(24)20(13-23)7-5-8-21-17(20)26/h14-15,22,24H,5-13H2,1-4H3,(H,21,26)/t15-,20-/m1/s1. The maximum Gasteiger partial charge on any atom is 0.230 e. The molecule has 0 unspecified atom stereocenters. The Morgan fingerprint density at radius 1 is 1.23 bits per heavy atom. The molecule has 3 fully saturated rings. The van der Waals surface area contributed by atoms with Gasteiger partial charge in [-0.3, -0.25) is 9.59 Å². The number of carbonyl (C=O) groups is 2. The van der Waals surface area contributed by atoms with E-state index in [-0.39, 0.29) is 22.9 Å². The van der Waals surface area contributed by atoms with Gasteiger partial charge in [0.15, 0.2) is 0 Å². The number of hydrogen-bond acceptors (Lipinski definition) is 4. The Morgan fingerprint density at radius 3 is 2.50 bits per heavy atom. The lowest BCUT2D eigenvalue weighted by molar-refractivity contribution is -0.155. The molecular weight excluding hydrogens is 330 g/mol. The van der Waals surface area contributed by atoms with Gasteiger partial charge in [-0.15, -0.1) is 0 Å². The van der Waals surface area contributed by atoms with E-state index in [0.29, 0.717) is 44.8 Å². The average molecular weight is 366 g/mol. The molecule has 0 saturated carbocycles. The van der Waals surface area contributed by atoms with Crippen LogP contribution in [-0.4, -0.2) is 58.6 Å². The number of amides is 2. The quantitative estimate of drug-likeness (QED) is 0.691. The van der Waals surface area contributed by atoms with Gasteiger partial charge in [0.2, 0.25) is 11.8 Å². The number of likely N-dealkylation sites (tertiary alicyclic amines) is 1. The predicted molar refractivity (Wildman–Crippen MR) is 101 cm³/mol. The van der Waals surface area contributed by atoms with Crippen LogP contribution in [0.1, 0.15) is 66.2 Å². The third kappa shape index (κ3) is 3.91. The van der Waals surface area contributed by atoms with E-state index >= 15 is 0 Å². The first-order valence-electron chi connectivity index (χ1n) is 10.1. The van der Waals surface area contributed by atoms with Crippen molar-refractivity contribution in [3.05, 3.63) is 0 Å². The topological polar surface area (TPSA) is 81.7 Å². The van der Waals surface area contributed by atoms with Crippen LogP contribution in [0, 0.1) is 11.3 Å². The minimum Gasteiger partial charge on any atom is -0.392 e. The molecule has 3 rings (SSSR count). The zero-order chi connectivity index (χ0) is 19.2. The Labute approximate surface area is 157 Å². The molecule has 0 aromatic rings. The van der Waals surface area contributed by atoms with Crippen molar-refractivity contribution in [3.8, 4) is 0 Å². The van der Waals surface area contributed by atoms with Crippen molar-refractivity contribution >= 4 is 11.8 Å². The number of hydrogen-bond donors (Lipinski definition) is 3. The number of aliphatic hydroxyl groups excluding tert-OH is 1. The second kappa shape index (κ2) is 6.79. The van der Waals surface area contributed by atoms with Gasteiger partial charge >= 0.3 is 0 Å². The number of carbonyl (C=O) groups excluding carboxylic acids is 2. The lowest BCUT2D eigenvalue weighted by atomic mass is 9.71. The van der Waals surface area contributed by atoms with Crippen molar-refractivity contribution in [3.63, 3.8) is 0 Å². The summed E-state index contributed by atoms with van der Waals surface area (Å²) in [5.41, 5.74) is -0.761. The number of rotatable bonds is 2. The fourth-order valence-electron chi connectivity index (χ4n) is 5.71. The molecule has 3 heterocycles. The zero-order valence-corrected chi connectivity index (χ0v) is 16.7. The van der Waals surface area contributed by atoms with Crippen LogP contribution < -0.4 is 10.6 Å². The summed E-state index contributed by atoms with van der Waals surface area (Å²) in [5.74, 6) is 0.391. The van der Waals surface area contributed by atoms with Crippen molar-refractivity contribution in [2.24, 2.45) is 11.3 Å². The van der Waals surface area contributed by atoms with E-state index in [4.69, 9.17) is 0 Å². The minimum atomic E-state index is -0.807. The van der Waals surface area contributed by atoms with E-state index in [1.54, 1.807) is 0 Å². The van der Waals surface area contributed by atoms with E-state index in [2.05, 4.69) is 38.3 Å². The lowest BCUT2D eigenvalue weighted by Gasteiger charge is -2.48. The SMILES string of the molecule is CC1(C)CC(CC(=O)N2CC[C@@H](O)[C@@]3(CCCNC3=O)C2)CC(C)(C)N1. The molecule has 6 nitrogen and oxygen atoms in total. The predicted octanol–water partition coefficient (Wildman–Crippen LogP) is 1.42. The Hall–Kier alpha value is -1.14. The van der Waals surface area contributed by atoms with Crippen molar-refractivity contribution in [1.82, 2.24) is 15.5 Å². The van der Waals surface area contributed by atoms with Gasteiger partial charge in [0.25, 0.3) is 0 Å². The Balaban J connectivity index is 1.67. The van der Waals surface area contributed by atoms with Crippen LogP contribution in [0.5, 0.6) is 0 Å². The van der Waals surface area contributed by atoms with E-state index < -0.39 is 11.5 Å². The average Bonchev–Trinajstić information content (AvgIpc) is 2.49. The maximum absolute atomic E-state index is 13.0. The molecule has 0 bridgehead atoms. The van der Waals surface area contributed by atoms with Crippen LogP contribution in [0.25, 0.3) is 0 Å². The highest BCUT2D eigenvalue weighted by Crippen LogP contribution is 2.39. The van der Waals surface area contributed by atoms with Gasteiger partial charge in [-0.25, -0.2) is 0 Å². The van der Waals surface area contributed by atoms with Gasteiger partial charge in [0, 0.05) is 37.1 Å². The fraction of sp³-hybridized carbons (Fsp3) is 0.900. The maximum atomic E-state index is 13.0. The highest BCUT2D eigenvalue weighted by molar-refractivity contribution is 5.86. The monoisotopic (exact) mass is 365 g/mol. The van der Waals surface area contributed by atoms with Gasteiger partial charge in [0.05, 0.1) is 11.5 Å². The summed E-state index contributed by atoms with van der Waals surface area (Å²) in [6, 6.07) is 0. The number of nitrogens with one attached hydrogen (secondary N) is 2. The molecule has 3 saturated heterocycles. The second-order valence-electron chi connectivity index (χ2n) is 10.0. The van der Waals surface area contributed by atoms with Crippen molar-refractivity contribution in [1.29, 1.82) is 0 Å². The van der Waals surface area contributed by atoms with Crippen LogP contribution in [0.15, 0.2) is 0 Å². The van der Waals surface area contributed by atoms with Gasteiger partial charge in [0.1, 0.15) is 0 Å². The summed E-state index contributed by atoms with van der Waals surface area (Å²) in [6.45, 7) is 10.4. The third-order valence-electron chi connectivity index (χ3n) is 6.41. The van der Waals surface area contributed by atoms with E-state index in [1.807, 2.05) is 4.90 Å². The smallest absolute Gasteiger partial charge is 0.230 e. The first-order chi connectivity index (χ1) is 12.0. The Kier molecular flexibility index (Phi) is 5.12. The van der Waals surface area contributed by atoms with Crippen molar-refractivity contribution in [2.45, 2.75) is 83.4 Å². The molecule has 0 aliphatic carbocycles. The van der Waals surface area contributed by atoms with Crippen molar-refractivity contribution in [2.75, 3.05) is 19.6 Å². The fourth-order valence-corrected chi connectivity index (χ4v) is 5.71. The summed E-state index contributed by atoms with van der Waals surface area (Å²) in [6.07, 6.45) is 3.85. The van der Waals surface area contributed by atoms with Crippen LogP contribution in [-0.2, 0) is 9.59 Å². The van der Waals surface area contributed by atoms with Crippen LogP contribution in [0.4, 0.5) is 0 Å². The Bertz CT molecular complexity index is 559. The zero-order valence-electron chi connectivity index (χ0n) is 16.7. The first kappa shape index (κ1) is 19.6. The molecule has 148 valence electrons. The Morgan fingerprint density at radius 2 is 1.88 bits per heavy atom. The molecule has 2 atom stereocenters. The number of piperidine rings is 3. The molecule has 6 heteroatoms. The van der Waals surface area contributed by atoms with Gasteiger partial charge in [-0.05, 0) is 65.7 Å². The molecule has 3 aliphatic heterocycles. The largest absolute Gasteiger partial charge is 0.392 e. The molecule has 3 N–H and O–H groups in total. The number of aliphatic hydroxyl groups is 1. The van der Waals surface area contributed by atoms with E-state index in [0.717, 1.165) is 19.3 Å². The van der Waals surface area contributed by atoms with Gasteiger partial charge < -0.3 is 20.6 Å². The summed E-state index contributed by atoms with van der Waals surface area (Å²) in [4.78, 5) is 27.3. The molecule has 26 heavy (non-hydrogen) atoms. The van der Waals surface area contributed by atoms with Gasteiger partial charge in [-0.2, -0.15) is 0 Å². The van der Waals surface area contributed by atoms with Crippen molar-refractivity contribution < 1.29 is 14.7 Å². The van der Waals surface area contributed by atoms with Crippen LogP contribution >= 0.6 is 0 Å². The third-order valence-corrected chi connectivity index (χ3v) is 6.41. The second-order valence-corrected chi connectivity index (χ2v) is 10.0.